The number of methoxy groups -OCH3 is 1. The van der Waals surface area contributed by atoms with Gasteiger partial charge in [-0.3, -0.25) is 4.98 Å². The van der Waals surface area contributed by atoms with Gasteiger partial charge in [0.25, 0.3) is 0 Å². The molecule has 1 aromatic rings. The molecule has 0 saturated carbocycles. The van der Waals surface area contributed by atoms with Gasteiger partial charge >= 0.3 is 0 Å². The zero-order valence-electron chi connectivity index (χ0n) is 11.3. The van der Waals surface area contributed by atoms with Crippen LogP contribution in [0.1, 0.15) is 25.1 Å². The van der Waals surface area contributed by atoms with Gasteiger partial charge in [-0.1, -0.05) is 6.92 Å². The van der Waals surface area contributed by atoms with Crippen molar-refractivity contribution >= 4 is 0 Å². The molecule has 1 aliphatic heterocycles. The van der Waals surface area contributed by atoms with Crippen LogP contribution in [0.15, 0.2) is 18.3 Å². The molecule has 0 spiro atoms. The number of hydrogen-bond donors (Lipinski definition) is 1. The molecule has 1 aliphatic rings. The lowest BCUT2D eigenvalue weighted by molar-refractivity contribution is 0.0107. The van der Waals surface area contributed by atoms with Crippen LogP contribution in [0.5, 0.6) is 5.75 Å². The van der Waals surface area contributed by atoms with E-state index in [1.165, 1.54) is 0 Å². The molecule has 18 heavy (non-hydrogen) atoms. The normalized spacial score (nSPS) is 25.7. The molecule has 0 amide bonds. The van der Waals surface area contributed by atoms with Crippen molar-refractivity contribution in [2.75, 3.05) is 27.4 Å². The van der Waals surface area contributed by atoms with E-state index < -0.39 is 0 Å². The molecule has 0 aliphatic carbocycles. The van der Waals surface area contributed by atoms with Gasteiger partial charge in [-0.05, 0) is 37.4 Å². The Labute approximate surface area is 109 Å². The molecule has 3 unspecified atom stereocenters. The molecule has 3 atom stereocenters. The van der Waals surface area contributed by atoms with Crippen LogP contribution in [0.2, 0.25) is 0 Å². The Morgan fingerprint density at radius 2 is 2.39 bits per heavy atom. The van der Waals surface area contributed by atoms with Gasteiger partial charge in [-0.15, -0.1) is 0 Å². The minimum atomic E-state index is 0.222. The van der Waals surface area contributed by atoms with E-state index >= 15 is 0 Å². The van der Waals surface area contributed by atoms with Crippen LogP contribution in [0.25, 0.3) is 0 Å². The maximum atomic E-state index is 5.52. The standard InChI is InChI=1S/C14H22N2O2/c1-10-9-18-8-6-11(10)13(15-2)14-12(17-3)5-4-7-16-14/h4-5,7,10-11,13,15H,6,8-9H2,1-3H3. The number of ether oxygens (including phenoxy) is 2. The summed E-state index contributed by atoms with van der Waals surface area (Å²) in [5, 5.41) is 3.40. The maximum Gasteiger partial charge on any atom is 0.141 e. The second-order valence-corrected chi connectivity index (χ2v) is 4.86. The highest BCUT2D eigenvalue weighted by molar-refractivity contribution is 5.30. The number of hydrogen-bond acceptors (Lipinski definition) is 4. The third-order valence-corrected chi connectivity index (χ3v) is 3.76. The highest BCUT2D eigenvalue weighted by atomic mass is 16.5. The van der Waals surface area contributed by atoms with Crippen LogP contribution in [-0.4, -0.2) is 32.4 Å². The van der Waals surface area contributed by atoms with Gasteiger partial charge < -0.3 is 14.8 Å². The van der Waals surface area contributed by atoms with Crippen molar-refractivity contribution in [2.45, 2.75) is 19.4 Å². The topological polar surface area (TPSA) is 43.4 Å². The van der Waals surface area contributed by atoms with Crippen LogP contribution < -0.4 is 10.1 Å². The third-order valence-electron chi connectivity index (χ3n) is 3.76. The minimum Gasteiger partial charge on any atom is -0.495 e. The Bertz CT molecular complexity index is 384. The largest absolute Gasteiger partial charge is 0.495 e. The van der Waals surface area contributed by atoms with Gasteiger partial charge in [0.2, 0.25) is 0 Å². The summed E-state index contributed by atoms with van der Waals surface area (Å²) >= 11 is 0. The summed E-state index contributed by atoms with van der Waals surface area (Å²) in [6.45, 7) is 3.91. The van der Waals surface area contributed by atoms with E-state index in [9.17, 15) is 0 Å². The Hall–Kier alpha value is -1.13. The van der Waals surface area contributed by atoms with Gasteiger partial charge in [-0.25, -0.2) is 0 Å². The summed E-state index contributed by atoms with van der Waals surface area (Å²) in [5.41, 5.74) is 1.00. The average Bonchev–Trinajstić information content (AvgIpc) is 2.42. The highest BCUT2D eigenvalue weighted by Crippen LogP contribution is 2.35. The number of pyridine rings is 1. The van der Waals surface area contributed by atoms with E-state index in [0.717, 1.165) is 31.1 Å². The fourth-order valence-electron chi connectivity index (χ4n) is 2.75. The SMILES string of the molecule is CNC(c1ncccc1OC)C1CCOCC1C. The average molecular weight is 250 g/mol. The van der Waals surface area contributed by atoms with Crippen LogP contribution in [0.3, 0.4) is 0 Å². The van der Waals surface area contributed by atoms with E-state index in [1.807, 2.05) is 25.4 Å². The minimum absolute atomic E-state index is 0.222. The van der Waals surface area contributed by atoms with Gasteiger partial charge in [0, 0.05) is 19.4 Å². The van der Waals surface area contributed by atoms with E-state index in [1.54, 1.807) is 7.11 Å². The smallest absolute Gasteiger partial charge is 0.141 e. The van der Waals surface area contributed by atoms with Crippen molar-refractivity contribution in [1.29, 1.82) is 0 Å². The lowest BCUT2D eigenvalue weighted by atomic mass is 9.82. The van der Waals surface area contributed by atoms with Crippen LogP contribution in [0, 0.1) is 11.8 Å². The van der Waals surface area contributed by atoms with Gasteiger partial charge in [0.05, 0.1) is 18.8 Å². The van der Waals surface area contributed by atoms with Crippen LogP contribution in [0.4, 0.5) is 0 Å². The summed E-state index contributed by atoms with van der Waals surface area (Å²) < 4.78 is 10.9. The molecule has 0 aromatic carbocycles. The van der Waals surface area contributed by atoms with E-state index in [4.69, 9.17) is 9.47 Å². The van der Waals surface area contributed by atoms with E-state index in [2.05, 4.69) is 17.2 Å². The molecule has 2 heterocycles. The van der Waals surface area contributed by atoms with Gasteiger partial charge in [0.15, 0.2) is 0 Å². The molecule has 1 saturated heterocycles. The Morgan fingerprint density at radius 3 is 3.06 bits per heavy atom. The first-order valence-corrected chi connectivity index (χ1v) is 6.51. The quantitative estimate of drug-likeness (QED) is 0.888. The summed E-state index contributed by atoms with van der Waals surface area (Å²) in [6, 6.07) is 4.10. The molecule has 100 valence electrons. The molecule has 1 N–H and O–H groups in total. The van der Waals surface area contributed by atoms with Gasteiger partial charge in [-0.2, -0.15) is 0 Å². The second kappa shape index (κ2) is 6.16. The first-order chi connectivity index (χ1) is 8.77. The summed E-state index contributed by atoms with van der Waals surface area (Å²) in [7, 11) is 3.68. The maximum absolute atomic E-state index is 5.52. The molecule has 0 bridgehead atoms. The first-order valence-electron chi connectivity index (χ1n) is 6.51. The fourth-order valence-corrected chi connectivity index (χ4v) is 2.75. The van der Waals surface area contributed by atoms with Crippen molar-refractivity contribution in [3.8, 4) is 5.75 Å². The second-order valence-electron chi connectivity index (χ2n) is 4.86. The third kappa shape index (κ3) is 2.65. The molecule has 0 radical (unpaired) electrons. The zero-order chi connectivity index (χ0) is 13.0. The number of nitrogens with one attached hydrogen (secondary N) is 1. The fraction of sp³-hybridized carbons (Fsp3) is 0.643. The number of nitrogens with zero attached hydrogens (tertiary/aromatic N) is 1. The molecular weight excluding hydrogens is 228 g/mol. The number of rotatable bonds is 4. The molecule has 4 nitrogen and oxygen atoms in total. The Kier molecular flexibility index (Phi) is 4.55. The Morgan fingerprint density at radius 1 is 1.56 bits per heavy atom. The zero-order valence-corrected chi connectivity index (χ0v) is 11.3. The van der Waals surface area contributed by atoms with Gasteiger partial charge in [0.1, 0.15) is 5.75 Å². The molecule has 4 heteroatoms. The lowest BCUT2D eigenvalue weighted by Crippen LogP contribution is -2.36. The summed E-state index contributed by atoms with van der Waals surface area (Å²) in [4.78, 5) is 4.50. The molecular formula is C14H22N2O2. The monoisotopic (exact) mass is 250 g/mol. The van der Waals surface area contributed by atoms with Crippen molar-refractivity contribution in [2.24, 2.45) is 11.8 Å². The lowest BCUT2D eigenvalue weighted by Gasteiger charge is -2.35. The van der Waals surface area contributed by atoms with Crippen LogP contribution in [-0.2, 0) is 4.74 Å². The molecule has 1 fully saturated rings. The van der Waals surface area contributed by atoms with E-state index in [0.29, 0.717) is 11.8 Å². The predicted octanol–water partition coefficient (Wildman–Crippen LogP) is 2.02. The number of aromatic nitrogens is 1. The van der Waals surface area contributed by atoms with Crippen molar-refractivity contribution in [3.05, 3.63) is 24.0 Å². The Balaban J connectivity index is 2.26. The molecule has 1 aromatic heterocycles. The van der Waals surface area contributed by atoms with Crippen molar-refractivity contribution in [3.63, 3.8) is 0 Å². The predicted molar refractivity (Wildman–Crippen MR) is 70.7 cm³/mol. The van der Waals surface area contributed by atoms with Crippen molar-refractivity contribution in [1.82, 2.24) is 10.3 Å². The summed E-state index contributed by atoms with van der Waals surface area (Å²) in [6.07, 6.45) is 2.89. The van der Waals surface area contributed by atoms with Crippen LogP contribution >= 0.6 is 0 Å². The first kappa shape index (κ1) is 13.3. The molecule has 2 rings (SSSR count). The van der Waals surface area contributed by atoms with Crippen molar-refractivity contribution < 1.29 is 9.47 Å². The van der Waals surface area contributed by atoms with E-state index in [-0.39, 0.29) is 6.04 Å². The highest BCUT2D eigenvalue weighted by Gasteiger charge is 2.32. The summed E-state index contributed by atoms with van der Waals surface area (Å²) in [5.74, 6) is 1.92.